The van der Waals surface area contributed by atoms with Gasteiger partial charge in [-0.1, -0.05) is 12.1 Å². The first-order chi connectivity index (χ1) is 8.93. The molecule has 0 saturated heterocycles. The number of nitrogens with one attached hydrogen (secondary N) is 1. The molecule has 0 heterocycles. The number of carboxylic acids is 1. The fraction of sp³-hybridized carbons (Fsp3) is 0.417. The lowest BCUT2D eigenvalue weighted by Crippen LogP contribution is -2.27. The van der Waals surface area contributed by atoms with Crippen molar-refractivity contribution in [3.05, 3.63) is 29.8 Å². The largest absolute Gasteiger partial charge is 0.494 e. The van der Waals surface area contributed by atoms with Crippen molar-refractivity contribution in [2.24, 2.45) is 0 Å². The van der Waals surface area contributed by atoms with Crippen LogP contribution < -0.4 is 9.46 Å². The summed E-state index contributed by atoms with van der Waals surface area (Å²) in [4.78, 5) is 10.3. The molecule has 0 atom stereocenters. The van der Waals surface area contributed by atoms with Crippen LogP contribution in [-0.2, 0) is 21.4 Å². The molecule has 0 saturated carbocycles. The summed E-state index contributed by atoms with van der Waals surface area (Å²) >= 11 is 0. The number of carbonyl (C=O) groups is 1. The van der Waals surface area contributed by atoms with Crippen molar-refractivity contribution in [2.75, 3.05) is 12.4 Å². The van der Waals surface area contributed by atoms with Gasteiger partial charge in [0.1, 0.15) is 5.75 Å². The Morgan fingerprint density at radius 3 is 2.79 bits per heavy atom. The van der Waals surface area contributed by atoms with E-state index < -0.39 is 28.2 Å². The van der Waals surface area contributed by atoms with Crippen molar-refractivity contribution in [2.45, 2.75) is 19.9 Å². The van der Waals surface area contributed by atoms with Crippen molar-refractivity contribution >= 4 is 16.0 Å². The quantitative estimate of drug-likeness (QED) is 0.743. The normalized spacial score (nSPS) is 11.2. The lowest BCUT2D eigenvalue weighted by molar-refractivity contribution is -0.136. The molecule has 7 heteroatoms. The van der Waals surface area contributed by atoms with Gasteiger partial charge in [-0.2, -0.15) is 0 Å². The van der Waals surface area contributed by atoms with Gasteiger partial charge in [0, 0.05) is 6.54 Å². The third-order valence-corrected chi connectivity index (χ3v) is 3.62. The van der Waals surface area contributed by atoms with Gasteiger partial charge >= 0.3 is 5.97 Å². The van der Waals surface area contributed by atoms with Gasteiger partial charge < -0.3 is 9.84 Å². The molecule has 6 nitrogen and oxygen atoms in total. The van der Waals surface area contributed by atoms with E-state index in [0.717, 1.165) is 5.56 Å². The van der Waals surface area contributed by atoms with Crippen LogP contribution in [0.5, 0.6) is 5.75 Å². The van der Waals surface area contributed by atoms with E-state index in [0.29, 0.717) is 12.4 Å². The molecule has 0 unspecified atom stereocenters. The number of ether oxygens (including phenoxy) is 1. The third kappa shape index (κ3) is 6.21. The first kappa shape index (κ1) is 15.5. The van der Waals surface area contributed by atoms with Crippen LogP contribution in [0, 0.1) is 0 Å². The predicted octanol–water partition coefficient (Wildman–Crippen LogP) is 0.979. The molecule has 0 aromatic heterocycles. The zero-order chi connectivity index (χ0) is 14.3. The molecule has 0 aliphatic heterocycles. The Labute approximate surface area is 112 Å². The summed E-state index contributed by atoms with van der Waals surface area (Å²) in [5, 5.41) is 8.45. The average molecular weight is 287 g/mol. The number of sulfonamides is 1. The first-order valence-corrected chi connectivity index (χ1v) is 7.49. The summed E-state index contributed by atoms with van der Waals surface area (Å²) in [6, 6.07) is 7.06. The molecule has 19 heavy (non-hydrogen) atoms. The highest BCUT2D eigenvalue weighted by molar-refractivity contribution is 7.89. The Morgan fingerprint density at radius 2 is 2.16 bits per heavy atom. The van der Waals surface area contributed by atoms with Gasteiger partial charge in [-0.3, -0.25) is 4.79 Å². The summed E-state index contributed by atoms with van der Waals surface area (Å²) in [5.41, 5.74) is 0.754. The number of rotatable bonds is 8. The first-order valence-electron chi connectivity index (χ1n) is 5.84. The highest BCUT2D eigenvalue weighted by atomic mass is 32.2. The van der Waals surface area contributed by atoms with Crippen LogP contribution in [0.4, 0.5) is 0 Å². The fourth-order valence-corrected chi connectivity index (χ4v) is 2.37. The number of aliphatic carboxylic acids is 1. The minimum Gasteiger partial charge on any atom is -0.494 e. The van der Waals surface area contributed by atoms with Crippen LogP contribution in [0.3, 0.4) is 0 Å². The molecule has 1 aromatic rings. The van der Waals surface area contributed by atoms with Gasteiger partial charge in [0.2, 0.25) is 10.0 Å². The average Bonchev–Trinajstić information content (AvgIpc) is 2.35. The Bertz CT molecular complexity index is 527. The fourth-order valence-electron chi connectivity index (χ4n) is 1.40. The topological polar surface area (TPSA) is 92.7 Å². The molecule has 2 N–H and O–H groups in total. The van der Waals surface area contributed by atoms with Crippen molar-refractivity contribution in [3.8, 4) is 5.75 Å². The molecule has 0 aliphatic carbocycles. The maximum absolute atomic E-state index is 11.5. The van der Waals surface area contributed by atoms with Crippen molar-refractivity contribution in [1.82, 2.24) is 4.72 Å². The second-order valence-corrected chi connectivity index (χ2v) is 5.79. The minimum atomic E-state index is -3.57. The smallest absolute Gasteiger partial charge is 0.304 e. The predicted molar refractivity (Wildman–Crippen MR) is 70.5 cm³/mol. The Kier molecular flexibility index (Phi) is 5.78. The SMILES string of the molecule is CCOc1cccc(CNS(=O)(=O)CCC(=O)O)c1. The molecule has 106 valence electrons. The van der Waals surface area contributed by atoms with Crippen LogP contribution in [0.15, 0.2) is 24.3 Å². The lowest BCUT2D eigenvalue weighted by atomic mass is 10.2. The second-order valence-electron chi connectivity index (χ2n) is 3.86. The highest BCUT2D eigenvalue weighted by Gasteiger charge is 2.12. The molecule has 0 amide bonds. The van der Waals surface area contributed by atoms with Gasteiger partial charge in [-0.25, -0.2) is 13.1 Å². The molecule has 0 fully saturated rings. The zero-order valence-electron chi connectivity index (χ0n) is 10.6. The summed E-state index contributed by atoms with van der Waals surface area (Å²) in [6.45, 7) is 2.51. The summed E-state index contributed by atoms with van der Waals surface area (Å²) < 4.78 is 30.7. The maximum atomic E-state index is 11.5. The molecule has 1 rings (SSSR count). The van der Waals surface area contributed by atoms with Gasteiger partial charge in [-0.15, -0.1) is 0 Å². The monoisotopic (exact) mass is 287 g/mol. The van der Waals surface area contributed by atoms with Crippen LogP contribution in [-0.4, -0.2) is 31.9 Å². The van der Waals surface area contributed by atoms with E-state index in [4.69, 9.17) is 9.84 Å². The molecule has 1 aromatic carbocycles. The van der Waals surface area contributed by atoms with Crippen LogP contribution in [0.25, 0.3) is 0 Å². The number of hydrogen-bond donors (Lipinski definition) is 2. The van der Waals surface area contributed by atoms with E-state index in [1.807, 2.05) is 6.92 Å². The third-order valence-electron chi connectivity index (χ3n) is 2.29. The minimum absolute atomic E-state index is 0.114. The maximum Gasteiger partial charge on any atom is 0.304 e. The van der Waals surface area contributed by atoms with Crippen molar-refractivity contribution in [1.29, 1.82) is 0 Å². The molecular formula is C12H17NO5S. The van der Waals surface area contributed by atoms with E-state index in [9.17, 15) is 13.2 Å². The molecule has 0 radical (unpaired) electrons. The Hall–Kier alpha value is -1.60. The van der Waals surface area contributed by atoms with Crippen LogP contribution >= 0.6 is 0 Å². The number of hydrogen-bond acceptors (Lipinski definition) is 4. The van der Waals surface area contributed by atoms with E-state index in [2.05, 4.69) is 4.72 Å². The molecular weight excluding hydrogens is 270 g/mol. The van der Waals surface area contributed by atoms with Gasteiger partial charge in [0.05, 0.1) is 18.8 Å². The number of benzene rings is 1. The molecule has 0 bridgehead atoms. The van der Waals surface area contributed by atoms with Gasteiger partial charge in [0.25, 0.3) is 0 Å². The summed E-state index contributed by atoms with van der Waals surface area (Å²) in [7, 11) is -3.57. The van der Waals surface area contributed by atoms with Gasteiger partial charge in [0.15, 0.2) is 0 Å². The Morgan fingerprint density at radius 1 is 1.42 bits per heavy atom. The van der Waals surface area contributed by atoms with Crippen molar-refractivity contribution < 1.29 is 23.1 Å². The van der Waals surface area contributed by atoms with E-state index in [1.165, 1.54) is 0 Å². The van der Waals surface area contributed by atoms with Crippen molar-refractivity contribution in [3.63, 3.8) is 0 Å². The summed E-state index contributed by atoms with van der Waals surface area (Å²) in [6.07, 6.45) is -0.408. The molecule has 0 aliphatic rings. The number of carboxylic acid groups (broad SMARTS) is 1. The summed E-state index contributed by atoms with van der Waals surface area (Å²) in [5.74, 6) is -0.888. The second kappa shape index (κ2) is 7.10. The molecule has 0 spiro atoms. The van der Waals surface area contributed by atoms with Crippen LogP contribution in [0.2, 0.25) is 0 Å². The van der Waals surface area contributed by atoms with Gasteiger partial charge in [-0.05, 0) is 24.6 Å². The van der Waals surface area contributed by atoms with E-state index >= 15 is 0 Å². The van der Waals surface area contributed by atoms with E-state index in [1.54, 1.807) is 24.3 Å². The lowest BCUT2D eigenvalue weighted by Gasteiger charge is -2.08. The standard InChI is InChI=1S/C12H17NO5S/c1-2-18-11-5-3-4-10(8-11)9-13-19(16,17)7-6-12(14)15/h3-5,8,13H,2,6-7,9H2,1H3,(H,14,15). The van der Waals surface area contributed by atoms with Crippen LogP contribution in [0.1, 0.15) is 18.9 Å². The van der Waals surface area contributed by atoms with E-state index in [-0.39, 0.29) is 6.54 Å². The zero-order valence-corrected chi connectivity index (χ0v) is 11.4. The Balaban J connectivity index is 2.56. The highest BCUT2D eigenvalue weighted by Crippen LogP contribution is 2.13.